The summed E-state index contributed by atoms with van der Waals surface area (Å²) in [6.07, 6.45) is 7.25. The predicted molar refractivity (Wildman–Crippen MR) is 177 cm³/mol. The first-order valence-corrected chi connectivity index (χ1v) is 16.1. The Bertz CT molecular complexity index is 1480. The van der Waals surface area contributed by atoms with Crippen LogP contribution in [0.15, 0.2) is 60.8 Å². The van der Waals surface area contributed by atoms with Gasteiger partial charge < -0.3 is 26.0 Å². The first kappa shape index (κ1) is 32.3. The Kier molecular flexibility index (Phi) is 11.0. The molecular weight excluding hydrogens is 566 g/mol. The van der Waals surface area contributed by atoms with Crippen molar-refractivity contribution in [1.29, 1.82) is 0 Å². The number of anilines is 2. The van der Waals surface area contributed by atoms with Crippen LogP contribution >= 0.6 is 0 Å². The van der Waals surface area contributed by atoms with Crippen molar-refractivity contribution < 1.29 is 19.1 Å². The summed E-state index contributed by atoms with van der Waals surface area (Å²) in [4.78, 5) is 45.7. The van der Waals surface area contributed by atoms with Gasteiger partial charge in [0.1, 0.15) is 5.78 Å². The number of benzene rings is 2. The summed E-state index contributed by atoms with van der Waals surface area (Å²) in [6.45, 7) is 2.22. The van der Waals surface area contributed by atoms with E-state index in [4.69, 9.17) is 10.5 Å². The third-order valence-electron chi connectivity index (χ3n) is 8.93. The van der Waals surface area contributed by atoms with Gasteiger partial charge >= 0.3 is 0 Å². The maximum absolute atomic E-state index is 13.7. The van der Waals surface area contributed by atoms with Crippen LogP contribution in [0.3, 0.4) is 0 Å². The highest BCUT2D eigenvalue weighted by Gasteiger charge is 2.30. The number of carbonyl (C=O) groups is 3. The number of nitrogens with one attached hydrogen (secondary N) is 2. The topological polar surface area (TPSA) is 127 Å². The summed E-state index contributed by atoms with van der Waals surface area (Å²) in [5.41, 5.74) is 11.0. The Morgan fingerprint density at radius 2 is 1.89 bits per heavy atom. The molecule has 0 saturated heterocycles. The smallest absolute Gasteiger partial charge is 0.228 e. The number of rotatable bonds is 14. The van der Waals surface area contributed by atoms with Gasteiger partial charge in [-0.15, -0.1) is 0 Å². The third-order valence-corrected chi connectivity index (χ3v) is 8.93. The van der Waals surface area contributed by atoms with Crippen LogP contribution in [0, 0.1) is 17.8 Å². The quantitative estimate of drug-likeness (QED) is 0.217. The Morgan fingerprint density at radius 3 is 2.62 bits per heavy atom. The van der Waals surface area contributed by atoms with Gasteiger partial charge in [0.25, 0.3) is 0 Å². The fraction of sp³-hybridized carbons (Fsp3) is 0.444. The van der Waals surface area contributed by atoms with Crippen LogP contribution in [-0.4, -0.2) is 61.3 Å². The highest BCUT2D eigenvalue weighted by molar-refractivity contribution is 6.01. The standard InChI is InChI=1S/C36H45N5O4/c1-41(2)15-4-16-45-35-14-12-29(23-38-35)27-6-3-5-25(17-27)18-30(19-33(42)26-9-7-24(22-37)8-10-26)36(44)39-31-13-11-28-20-34(43)40-32(28)21-31/h3,5-6,11-14,17,21,23-24,26,30H,4,7-10,15-16,18-20,22,37H2,1-2H3,(H,39,44)(H,40,43)/t24?,26?,30-/m1/s1. The minimum Gasteiger partial charge on any atom is -0.478 e. The van der Waals surface area contributed by atoms with E-state index in [1.54, 1.807) is 12.3 Å². The Labute approximate surface area is 265 Å². The molecule has 0 spiro atoms. The summed E-state index contributed by atoms with van der Waals surface area (Å²) in [5.74, 6) is 0.390. The second-order valence-corrected chi connectivity index (χ2v) is 12.7. The molecule has 1 aliphatic heterocycles. The molecule has 1 saturated carbocycles. The highest BCUT2D eigenvalue weighted by atomic mass is 16.5. The van der Waals surface area contributed by atoms with Crippen LogP contribution in [0.5, 0.6) is 5.88 Å². The van der Waals surface area contributed by atoms with E-state index in [1.165, 1.54) is 0 Å². The van der Waals surface area contributed by atoms with Crippen molar-refractivity contribution in [3.8, 4) is 17.0 Å². The number of aromatic nitrogens is 1. The van der Waals surface area contributed by atoms with Crippen LogP contribution in [0.4, 0.5) is 11.4 Å². The molecule has 4 N–H and O–H groups in total. The minimum atomic E-state index is -0.543. The maximum atomic E-state index is 13.7. The number of pyridine rings is 1. The van der Waals surface area contributed by atoms with Crippen molar-refractivity contribution in [3.63, 3.8) is 0 Å². The lowest BCUT2D eigenvalue weighted by molar-refractivity contribution is -0.129. The molecule has 3 aromatic rings. The molecular formula is C36H45N5O4. The number of hydrogen-bond acceptors (Lipinski definition) is 7. The van der Waals surface area contributed by atoms with Crippen LogP contribution in [0.25, 0.3) is 11.1 Å². The van der Waals surface area contributed by atoms with E-state index in [1.807, 2.05) is 56.6 Å². The molecule has 9 heteroatoms. The lowest BCUT2D eigenvalue weighted by atomic mass is 9.77. The Morgan fingerprint density at radius 1 is 1.07 bits per heavy atom. The van der Waals surface area contributed by atoms with Crippen molar-refractivity contribution in [2.45, 2.75) is 51.4 Å². The second kappa shape index (κ2) is 15.3. The summed E-state index contributed by atoms with van der Waals surface area (Å²) in [7, 11) is 4.08. The van der Waals surface area contributed by atoms with Crippen molar-refractivity contribution in [1.82, 2.24) is 9.88 Å². The van der Waals surface area contributed by atoms with Gasteiger partial charge in [0.2, 0.25) is 17.7 Å². The zero-order valence-corrected chi connectivity index (χ0v) is 26.4. The molecule has 2 aliphatic rings. The zero-order valence-electron chi connectivity index (χ0n) is 26.4. The molecule has 1 aromatic heterocycles. The van der Waals surface area contributed by atoms with Gasteiger partial charge in [-0.1, -0.05) is 30.3 Å². The molecule has 1 fully saturated rings. The van der Waals surface area contributed by atoms with Crippen LogP contribution < -0.4 is 21.1 Å². The number of hydrogen-bond donors (Lipinski definition) is 3. The summed E-state index contributed by atoms with van der Waals surface area (Å²) < 4.78 is 5.79. The van der Waals surface area contributed by atoms with Crippen LogP contribution in [-0.2, 0) is 27.2 Å². The normalized spacial score (nSPS) is 18.3. The number of fused-ring (bicyclic) bond motifs is 1. The maximum Gasteiger partial charge on any atom is 0.228 e. The Hall–Kier alpha value is -4.08. The average Bonchev–Trinajstić information content (AvgIpc) is 3.42. The molecule has 9 nitrogen and oxygen atoms in total. The molecule has 2 amide bonds. The highest BCUT2D eigenvalue weighted by Crippen LogP contribution is 2.32. The van der Waals surface area contributed by atoms with Crippen molar-refractivity contribution in [2.75, 3.05) is 44.4 Å². The van der Waals surface area contributed by atoms with E-state index < -0.39 is 5.92 Å². The molecule has 0 bridgehead atoms. The molecule has 0 radical (unpaired) electrons. The van der Waals surface area contributed by atoms with E-state index >= 15 is 0 Å². The number of nitrogens with zero attached hydrogens (tertiary/aromatic N) is 2. The van der Waals surface area contributed by atoms with Gasteiger partial charge in [0, 0.05) is 54.0 Å². The van der Waals surface area contributed by atoms with Crippen molar-refractivity contribution in [2.24, 2.45) is 23.5 Å². The van der Waals surface area contributed by atoms with Crippen molar-refractivity contribution >= 4 is 29.0 Å². The van der Waals surface area contributed by atoms with Gasteiger partial charge in [-0.2, -0.15) is 0 Å². The summed E-state index contributed by atoms with van der Waals surface area (Å²) in [5, 5.41) is 5.86. The van der Waals surface area contributed by atoms with E-state index in [0.29, 0.717) is 49.2 Å². The molecule has 2 aromatic carbocycles. The van der Waals surface area contributed by atoms with Gasteiger partial charge in [0.15, 0.2) is 0 Å². The van der Waals surface area contributed by atoms with E-state index in [0.717, 1.165) is 60.9 Å². The molecule has 45 heavy (non-hydrogen) atoms. The van der Waals surface area contributed by atoms with Gasteiger partial charge in [-0.25, -0.2) is 4.98 Å². The predicted octanol–water partition coefficient (Wildman–Crippen LogP) is 5.10. The van der Waals surface area contributed by atoms with E-state index in [9.17, 15) is 14.4 Å². The fourth-order valence-corrected chi connectivity index (χ4v) is 6.28. The fourth-order valence-electron chi connectivity index (χ4n) is 6.28. The SMILES string of the molecule is CN(C)CCCOc1ccc(-c2cccc(C[C@H](CC(=O)C3CCC(CN)CC3)C(=O)Nc3ccc4c(c3)NC(=O)C4)c2)cn1. The van der Waals surface area contributed by atoms with E-state index in [-0.39, 0.29) is 29.9 Å². The number of Topliss-reactive ketones (excluding diaryl/α,β-unsaturated/α-hetero) is 1. The largest absolute Gasteiger partial charge is 0.478 e. The number of amides is 2. The van der Waals surface area contributed by atoms with Crippen LogP contribution in [0.1, 0.15) is 49.7 Å². The molecule has 0 unspecified atom stereocenters. The molecule has 2 heterocycles. The van der Waals surface area contributed by atoms with Gasteiger partial charge in [0.05, 0.1) is 13.0 Å². The first-order chi connectivity index (χ1) is 21.8. The Balaban J connectivity index is 1.28. The third kappa shape index (κ3) is 8.99. The summed E-state index contributed by atoms with van der Waals surface area (Å²) in [6, 6.07) is 17.4. The average molecular weight is 612 g/mol. The van der Waals surface area contributed by atoms with Crippen LogP contribution in [0.2, 0.25) is 0 Å². The molecule has 1 aliphatic carbocycles. The first-order valence-electron chi connectivity index (χ1n) is 16.1. The zero-order chi connectivity index (χ0) is 31.8. The number of carbonyl (C=O) groups excluding carboxylic acids is 3. The van der Waals surface area contributed by atoms with Crippen molar-refractivity contribution in [3.05, 3.63) is 71.9 Å². The molecule has 238 valence electrons. The number of nitrogens with two attached hydrogens (primary N) is 1. The van der Waals surface area contributed by atoms with Gasteiger partial charge in [-0.05, 0) is 100.0 Å². The molecule has 1 atom stereocenters. The minimum absolute atomic E-state index is 0.0284. The molecule has 5 rings (SSSR count). The lowest BCUT2D eigenvalue weighted by Crippen LogP contribution is -2.31. The van der Waals surface area contributed by atoms with Gasteiger partial charge in [-0.3, -0.25) is 14.4 Å². The van der Waals surface area contributed by atoms with E-state index in [2.05, 4.69) is 26.6 Å². The number of ketones is 1. The lowest BCUT2D eigenvalue weighted by Gasteiger charge is -2.28. The second-order valence-electron chi connectivity index (χ2n) is 12.7. The summed E-state index contributed by atoms with van der Waals surface area (Å²) >= 11 is 0. The monoisotopic (exact) mass is 611 g/mol. The number of ether oxygens (including phenoxy) is 1.